The normalized spacial score (nSPS) is 11.3. The second-order valence-electron chi connectivity index (χ2n) is 6.97. The first-order valence-corrected chi connectivity index (χ1v) is 9.67. The van der Waals surface area contributed by atoms with E-state index in [2.05, 4.69) is 25.3 Å². The molecule has 168 valence electrons. The van der Waals surface area contributed by atoms with Crippen LogP contribution in [-0.4, -0.2) is 30.4 Å². The van der Waals surface area contributed by atoms with Crippen molar-refractivity contribution in [3.05, 3.63) is 84.0 Å². The summed E-state index contributed by atoms with van der Waals surface area (Å²) >= 11 is 0. The maximum Gasteiger partial charge on any atom is 0.433 e. The van der Waals surface area contributed by atoms with Crippen LogP contribution in [0.4, 0.5) is 18.9 Å². The molecule has 0 aliphatic heterocycles. The van der Waals surface area contributed by atoms with E-state index in [-0.39, 0.29) is 5.56 Å². The number of rotatable bonds is 5. The number of amides is 1. The number of carbonyl (C=O) groups is 1. The molecular weight excluding hydrogens is 437 g/mol. The number of benzene rings is 1. The lowest BCUT2D eigenvalue weighted by molar-refractivity contribution is -0.141. The van der Waals surface area contributed by atoms with Gasteiger partial charge >= 0.3 is 6.18 Å². The number of nitrogens with zero attached hydrogens (tertiary/aromatic N) is 5. The van der Waals surface area contributed by atoms with Crippen LogP contribution in [0.1, 0.15) is 27.7 Å². The highest BCUT2D eigenvalue weighted by molar-refractivity contribution is 6.04. The van der Waals surface area contributed by atoms with Crippen molar-refractivity contribution in [1.82, 2.24) is 24.5 Å². The molecule has 0 radical (unpaired) electrons. The number of hydrogen-bond acceptors (Lipinski definition) is 6. The van der Waals surface area contributed by atoms with Crippen LogP contribution < -0.4 is 10.1 Å². The average Bonchev–Trinajstić information content (AvgIpc) is 3.20. The number of imidazole rings is 1. The van der Waals surface area contributed by atoms with Gasteiger partial charge in [-0.2, -0.15) is 18.2 Å². The van der Waals surface area contributed by atoms with Crippen molar-refractivity contribution in [3.8, 4) is 17.4 Å². The van der Waals surface area contributed by atoms with Crippen molar-refractivity contribution >= 4 is 11.6 Å². The number of anilines is 1. The SMILES string of the molecule is Cc1nc(Oc2ccc(NC(=O)c3ccc(C(F)(F)F)nc3)cc2)cc(-n2ccnc2C)n1. The zero-order chi connectivity index (χ0) is 23.6. The molecule has 11 heteroatoms. The van der Waals surface area contributed by atoms with Gasteiger partial charge in [-0.05, 0) is 50.2 Å². The third-order valence-corrected chi connectivity index (χ3v) is 4.52. The summed E-state index contributed by atoms with van der Waals surface area (Å²) in [5.74, 6) is 2.11. The molecule has 0 saturated carbocycles. The van der Waals surface area contributed by atoms with Gasteiger partial charge < -0.3 is 10.1 Å². The molecule has 4 rings (SSSR count). The molecule has 0 bridgehead atoms. The third-order valence-electron chi connectivity index (χ3n) is 4.52. The Morgan fingerprint density at radius 3 is 2.39 bits per heavy atom. The molecule has 0 aliphatic carbocycles. The minimum atomic E-state index is -4.56. The first kappa shape index (κ1) is 21.9. The van der Waals surface area contributed by atoms with E-state index in [0.717, 1.165) is 24.2 Å². The molecule has 0 atom stereocenters. The molecule has 1 aromatic carbocycles. The summed E-state index contributed by atoms with van der Waals surface area (Å²) in [5.41, 5.74) is -0.630. The maximum absolute atomic E-state index is 12.6. The fourth-order valence-corrected chi connectivity index (χ4v) is 2.95. The van der Waals surface area contributed by atoms with E-state index in [9.17, 15) is 18.0 Å². The molecule has 0 saturated heterocycles. The number of hydrogen-bond donors (Lipinski definition) is 1. The molecular formula is C22H17F3N6O2. The van der Waals surface area contributed by atoms with Crippen LogP contribution in [0.2, 0.25) is 0 Å². The van der Waals surface area contributed by atoms with Gasteiger partial charge in [0.25, 0.3) is 5.91 Å². The highest BCUT2D eigenvalue weighted by atomic mass is 19.4. The summed E-state index contributed by atoms with van der Waals surface area (Å²) in [5, 5.41) is 2.60. The fraction of sp³-hybridized carbons (Fsp3) is 0.136. The van der Waals surface area contributed by atoms with E-state index < -0.39 is 17.8 Å². The first-order chi connectivity index (χ1) is 15.7. The second kappa shape index (κ2) is 8.69. The summed E-state index contributed by atoms with van der Waals surface area (Å²) in [4.78, 5) is 28.4. The minimum Gasteiger partial charge on any atom is -0.439 e. The molecule has 0 spiro atoms. The van der Waals surface area contributed by atoms with Gasteiger partial charge in [0.2, 0.25) is 5.88 Å². The lowest BCUT2D eigenvalue weighted by atomic mass is 10.2. The number of nitrogens with one attached hydrogen (secondary N) is 1. The van der Waals surface area contributed by atoms with Gasteiger partial charge in [0.05, 0.1) is 5.56 Å². The Bertz CT molecular complexity index is 1280. The highest BCUT2D eigenvalue weighted by Crippen LogP contribution is 2.27. The van der Waals surface area contributed by atoms with Gasteiger partial charge in [-0.15, -0.1) is 0 Å². The molecule has 0 fully saturated rings. The lowest BCUT2D eigenvalue weighted by Crippen LogP contribution is -2.14. The highest BCUT2D eigenvalue weighted by Gasteiger charge is 2.32. The Hall–Kier alpha value is -4.28. The molecule has 4 aromatic rings. The second-order valence-corrected chi connectivity index (χ2v) is 6.97. The van der Waals surface area contributed by atoms with Crippen molar-refractivity contribution in [2.75, 3.05) is 5.32 Å². The molecule has 0 unspecified atom stereocenters. The van der Waals surface area contributed by atoms with Crippen LogP contribution >= 0.6 is 0 Å². The van der Waals surface area contributed by atoms with Crippen LogP contribution in [0.5, 0.6) is 11.6 Å². The number of ether oxygens (including phenoxy) is 1. The molecule has 33 heavy (non-hydrogen) atoms. The standard InChI is InChI=1S/C22H17F3N6O2/c1-13-28-19(31-10-9-26-14(31)2)11-20(29-13)33-17-6-4-16(5-7-17)30-21(32)15-3-8-18(27-12-15)22(23,24)25/h3-12H,1-2H3,(H,30,32). The number of aryl methyl sites for hydroxylation is 2. The van der Waals surface area contributed by atoms with Gasteiger partial charge in [0.1, 0.15) is 28.9 Å². The Morgan fingerprint density at radius 1 is 1.03 bits per heavy atom. The van der Waals surface area contributed by atoms with Crippen LogP contribution in [-0.2, 0) is 6.18 Å². The van der Waals surface area contributed by atoms with Gasteiger partial charge in [0, 0.05) is 30.3 Å². The van der Waals surface area contributed by atoms with E-state index in [1.807, 2.05) is 6.92 Å². The summed E-state index contributed by atoms with van der Waals surface area (Å²) in [6.45, 7) is 3.60. The van der Waals surface area contributed by atoms with E-state index >= 15 is 0 Å². The number of aromatic nitrogens is 5. The zero-order valence-corrected chi connectivity index (χ0v) is 17.5. The molecule has 0 aliphatic rings. The van der Waals surface area contributed by atoms with Crippen molar-refractivity contribution < 1.29 is 22.7 Å². The lowest BCUT2D eigenvalue weighted by Gasteiger charge is -2.10. The molecule has 1 amide bonds. The molecule has 8 nitrogen and oxygen atoms in total. The predicted molar refractivity (Wildman–Crippen MR) is 112 cm³/mol. The monoisotopic (exact) mass is 454 g/mol. The minimum absolute atomic E-state index is 0.00196. The molecule has 3 heterocycles. The number of pyridine rings is 1. The van der Waals surface area contributed by atoms with Crippen molar-refractivity contribution in [2.24, 2.45) is 0 Å². The zero-order valence-electron chi connectivity index (χ0n) is 17.5. The Labute approximate surface area is 186 Å². The van der Waals surface area contributed by atoms with Crippen LogP contribution in [0.3, 0.4) is 0 Å². The van der Waals surface area contributed by atoms with Crippen LogP contribution in [0, 0.1) is 13.8 Å². The number of halogens is 3. The number of alkyl halides is 3. The third kappa shape index (κ3) is 5.14. The van der Waals surface area contributed by atoms with E-state index in [1.54, 1.807) is 54.2 Å². The smallest absolute Gasteiger partial charge is 0.433 e. The summed E-state index contributed by atoms with van der Waals surface area (Å²) in [7, 11) is 0. The Kier molecular flexibility index (Phi) is 5.78. The average molecular weight is 454 g/mol. The Balaban J connectivity index is 1.44. The van der Waals surface area contributed by atoms with Crippen molar-refractivity contribution in [1.29, 1.82) is 0 Å². The predicted octanol–water partition coefficient (Wildman–Crippen LogP) is 4.74. The number of carbonyl (C=O) groups excluding carboxylic acids is 1. The van der Waals surface area contributed by atoms with Crippen LogP contribution in [0.15, 0.2) is 61.1 Å². The quantitative estimate of drug-likeness (QED) is 0.468. The van der Waals surface area contributed by atoms with E-state index in [1.165, 1.54) is 0 Å². The first-order valence-electron chi connectivity index (χ1n) is 9.67. The summed E-state index contributed by atoms with van der Waals surface area (Å²) in [6.07, 6.45) is -0.232. The van der Waals surface area contributed by atoms with Gasteiger partial charge in [-0.3, -0.25) is 14.3 Å². The van der Waals surface area contributed by atoms with Gasteiger partial charge in [-0.25, -0.2) is 9.97 Å². The molecule has 1 N–H and O–H groups in total. The fourth-order valence-electron chi connectivity index (χ4n) is 2.95. The van der Waals surface area contributed by atoms with Crippen molar-refractivity contribution in [2.45, 2.75) is 20.0 Å². The summed E-state index contributed by atoms with van der Waals surface area (Å²) in [6, 6.07) is 9.95. The molecule has 3 aromatic heterocycles. The van der Waals surface area contributed by atoms with E-state index in [4.69, 9.17) is 4.74 Å². The van der Waals surface area contributed by atoms with Gasteiger partial charge in [-0.1, -0.05) is 0 Å². The maximum atomic E-state index is 12.6. The summed E-state index contributed by atoms with van der Waals surface area (Å²) < 4.78 is 45.4. The topological polar surface area (TPSA) is 94.8 Å². The Morgan fingerprint density at radius 2 is 1.79 bits per heavy atom. The van der Waals surface area contributed by atoms with Gasteiger partial charge in [0.15, 0.2) is 0 Å². The van der Waals surface area contributed by atoms with Crippen molar-refractivity contribution in [3.63, 3.8) is 0 Å². The largest absolute Gasteiger partial charge is 0.439 e. The van der Waals surface area contributed by atoms with Crippen LogP contribution in [0.25, 0.3) is 5.82 Å². The van der Waals surface area contributed by atoms with E-state index in [0.29, 0.717) is 29.0 Å².